The van der Waals surface area contributed by atoms with Crippen molar-refractivity contribution in [2.24, 2.45) is 12.5 Å². The Kier molecular flexibility index (Phi) is 10.4. The molecule has 3 saturated heterocycles. The highest BCUT2D eigenvalue weighted by molar-refractivity contribution is 6.32. The summed E-state index contributed by atoms with van der Waals surface area (Å²) in [6, 6.07) is 21.1. The van der Waals surface area contributed by atoms with E-state index in [1.807, 2.05) is 54.6 Å². The van der Waals surface area contributed by atoms with E-state index in [4.69, 9.17) is 26.1 Å². The third-order valence-corrected chi connectivity index (χ3v) is 12.9. The molecule has 3 aliphatic heterocycles. The topological polar surface area (TPSA) is 148 Å². The lowest BCUT2D eigenvalue weighted by molar-refractivity contribution is -0.135. The van der Waals surface area contributed by atoms with E-state index >= 15 is 0 Å². The van der Waals surface area contributed by atoms with Crippen LogP contribution in [0, 0.1) is 16.7 Å². The number of carbonyl (C=O) groups is 2. The minimum absolute atomic E-state index is 0.215. The van der Waals surface area contributed by atoms with Crippen LogP contribution in [0.25, 0.3) is 11.0 Å². The van der Waals surface area contributed by atoms with Gasteiger partial charge < -0.3 is 19.3 Å². The number of imidazole rings is 1. The first kappa shape index (κ1) is 39.0. The molecule has 1 N–H and O–H groups in total. The van der Waals surface area contributed by atoms with Crippen molar-refractivity contribution in [1.82, 2.24) is 24.4 Å². The number of aromatic nitrogens is 4. The first-order valence-corrected chi connectivity index (χ1v) is 20.2. The number of rotatable bonds is 9. The number of carbonyl (C=O) groups excluding carboxylic acids is 2. The average molecular weight is 803 g/mol. The van der Waals surface area contributed by atoms with Crippen LogP contribution in [0.15, 0.2) is 71.7 Å². The summed E-state index contributed by atoms with van der Waals surface area (Å²) in [6.45, 7) is 8.12. The van der Waals surface area contributed by atoms with Crippen molar-refractivity contribution < 1.29 is 19.1 Å². The predicted octanol–water partition coefficient (Wildman–Crippen LogP) is 6.43. The quantitative estimate of drug-likeness (QED) is 0.165. The van der Waals surface area contributed by atoms with Crippen LogP contribution in [0.5, 0.6) is 11.5 Å². The molecule has 3 fully saturated rings. The zero-order chi connectivity index (χ0) is 40.8. The zero-order valence-electron chi connectivity index (χ0n) is 33.3. The van der Waals surface area contributed by atoms with Gasteiger partial charge in [0.2, 0.25) is 17.8 Å². The molecule has 5 aromatic rings. The van der Waals surface area contributed by atoms with Gasteiger partial charge in [-0.3, -0.25) is 24.0 Å². The lowest BCUT2D eigenvalue weighted by Crippen LogP contribution is -2.47. The van der Waals surface area contributed by atoms with Crippen molar-refractivity contribution in [2.75, 3.05) is 43.1 Å². The van der Waals surface area contributed by atoms with Crippen LogP contribution in [0.2, 0.25) is 5.02 Å². The van der Waals surface area contributed by atoms with E-state index in [0.29, 0.717) is 34.9 Å². The van der Waals surface area contributed by atoms with Crippen LogP contribution in [0.3, 0.4) is 0 Å². The SMILES string of the molecule is COc1c(Cl)cc(C(C)(C)c2ccc(OCc3ccnc(N4CCC5(CCN(c6ccc7c(c6)n(C)c(=O)n7C6CCC(=O)NC6=O)CC5)CC4)n3)cc2)cc1C#N. The summed E-state index contributed by atoms with van der Waals surface area (Å²) in [5.74, 6) is 1.11. The second-order valence-corrected chi connectivity index (χ2v) is 16.7. The number of nitrogens with zero attached hydrogens (tertiary/aromatic N) is 7. The molecule has 8 rings (SSSR count). The zero-order valence-corrected chi connectivity index (χ0v) is 34.0. The Balaban J connectivity index is 0.857. The fourth-order valence-electron chi connectivity index (χ4n) is 8.85. The standard InChI is InChI=1S/C44H47ClN8O5/c1-43(2,30-23-28(26-46)39(57-4)34(45)24-30)29-5-8-33(9-6-29)58-27-31-13-18-47-41(48-31)52-21-16-44(17-22-52)14-19-51(20-15-44)32-7-10-35-37(25-32)50(3)42(56)53(35)36-11-12-38(54)49-40(36)55/h5-10,13,18,23-25,36H,11-12,14-17,19-22,27H2,1-4H3,(H,49,54,55). The van der Waals surface area contributed by atoms with Crippen molar-refractivity contribution in [2.45, 2.75) is 70.4 Å². The van der Waals surface area contributed by atoms with E-state index in [1.165, 1.54) is 11.7 Å². The molecule has 0 radical (unpaired) electrons. The van der Waals surface area contributed by atoms with Crippen LogP contribution in [0.1, 0.15) is 80.8 Å². The van der Waals surface area contributed by atoms with Crippen molar-refractivity contribution in [3.05, 3.63) is 105 Å². The molecule has 3 aliphatic rings. The number of aryl methyl sites for hydroxylation is 1. The normalized spacial score (nSPS) is 18.3. The number of imide groups is 1. The molecule has 1 atom stereocenters. The molecule has 14 heteroatoms. The number of amides is 2. The van der Waals surface area contributed by atoms with Crippen molar-refractivity contribution >= 4 is 46.1 Å². The summed E-state index contributed by atoms with van der Waals surface area (Å²) in [7, 11) is 3.24. The number of hydrogen-bond donors (Lipinski definition) is 1. The van der Waals surface area contributed by atoms with Crippen LogP contribution in [-0.2, 0) is 28.7 Å². The molecule has 0 aliphatic carbocycles. The number of benzene rings is 3. The summed E-state index contributed by atoms with van der Waals surface area (Å²) < 4.78 is 14.6. The summed E-state index contributed by atoms with van der Waals surface area (Å²) in [5.41, 5.74) is 5.31. The van der Waals surface area contributed by atoms with Gasteiger partial charge in [0.15, 0.2) is 5.75 Å². The predicted molar refractivity (Wildman–Crippen MR) is 222 cm³/mol. The molecule has 1 unspecified atom stereocenters. The Morgan fingerprint density at radius 3 is 2.31 bits per heavy atom. The summed E-state index contributed by atoms with van der Waals surface area (Å²) in [4.78, 5) is 51.8. The molecule has 2 amide bonds. The molecule has 0 bridgehead atoms. The van der Waals surface area contributed by atoms with Gasteiger partial charge in [-0.05, 0) is 97.2 Å². The van der Waals surface area contributed by atoms with Gasteiger partial charge in [0.25, 0.3) is 0 Å². The number of hydrogen-bond acceptors (Lipinski definition) is 10. The smallest absolute Gasteiger partial charge is 0.329 e. The number of halogens is 1. The monoisotopic (exact) mass is 802 g/mol. The van der Waals surface area contributed by atoms with E-state index in [-0.39, 0.29) is 23.4 Å². The second-order valence-electron chi connectivity index (χ2n) is 16.3. The van der Waals surface area contributed by atoms with E-state index < -0.39 is 17.4 Å². The highest BCUT2D eigenvalue weighted by Gasteiger charge is 2.39. The van der Waals surface area contributed by atoms with Gasteiger partial charge in [-0.2, -0.15) is 5.26 Å². The Labute approximate surface area is 342 Å². The molecule has 5 heterocycles. The van der Waals surface area contributed by atoms with Gasteiger partial charge >= 0.3 is 5.69 Å². The summed E-state index contributed by atoms with van der Waals surface area (Å²) in [6.07, 6.45) is 6.62. The number of fused-ring (bicyclic) bond motifs is 1. The van der Waals surface area contributed by atoms with E-state index in [2.05, 4.69) is 46.1 Å². The molecular formula is C44H47ClN8O5. The van der Waals surface area contributed by atoms with E-state index in [0.717, 1.165) is 91.6 Å². The minimum Gasteiger partial charge on any atom is -0.494 e. The van der Waals surface area contributed by atoms with Gasteiger partial charge in [-0.15, -0.1) is 0 Å². The van der Waals surface area contributed by atoms with Gasteiger partial charge in [-0.1, -0.05) is 37.6 Å². The van der Waals surface area contributed by atoms with E-state index in [9.17, 15) is 19.6 Å². The maximum atomic E-state index is 13.3. The summed E-state index contributed by atoms with van der Waals surface area (Å²) in [5, 5.41) is 12.4. The molecule has 58 heavy (non-hydrogen) atoms. The fourth-order valence-corrected chi connectivity index (χ4v) is 9.15. The highest BCUT2D eigenvalue weighted by atomic mass is 35.5. The Morgan fingerprint density at radius 1 is 0.931 bits per heavy atom. The molecule has 2 aromatic heterocycles. The second kappa shape index (κ2) is 15.5. The lowest BCUT2D eigenvalue weighted by atomic mass is 9.71. The maximum absolute atomic E-state index is 13.3. The summed E-state index contributed by atoms with van der Waals surface area (Å²) >= 11 is 6.46. The van der Waals surface area contributed by atoms with Crippen LogP contribution >= 0.6 is 11.6 Å². The highest BCUT2D eigenvalue weighted by Crippen LogP contribution is 2.43. The van der Waals surface area contributed by atoms with Crippen molar-refractivity contribution in [3.8, 4) is 17.6 Å². The molecule has 300 valence electrons. The third-order valence-electron chi connectivity index (χ3n) is 12.6. The number of piperidine rings is 3. The van der Waals surface area contributed by atoms with E-state index in [1.54, 1.807) is 17.8 Å². The average Bonchev–Trinajstić information content (AvgIpc) is 3.48. The Morgan fingerprint density at radius 2 is 1.64 bits per heavy atom. The number of methoxy groups -OCH3 is 1. The first-order chi connectivity index (χ1) is 27.9. The number of ether oxygens (including phenoxy) is 2. The Hall–Kier alpha value is -5.87. The van der Waals surface area contributed by atoms with Gasteiger partial charge in [0.1, 0.15) is 24.5 Å². The maximum Gasteiger partial charge on any atom is 0.329 e. The lowest BCUT2D eigenvalue weighted by Gasteiger charge is -2.47. The Bertz CT molecular complexity index is 2490. The first-order valence-electron chi connectivity index (χ1n) is 19.8. The third kappa shape index (κ3) is 7.26. The molecule has 3 aromatic carbocycles. The van der Waals surface area contributed by atoms with Crippen LogP contribution in [-0.4, -0.2) is 64.2 Å². The number of anilines is 2. The van der Waals surface area contributed by atoms with Crippen LogP contribution < -0.4 is 30.3 Å². The molecule has 13 nitrogen and oxygen atoms in total. The van der Waals surface area contributed by atoms with Crippen LogP contribution in [0.4, 0.5) is 11.6 Å². The van der Waals surface area contributed by atoms with Gasteiger partial charge in [-0.25, -0.2) is 14.8 Å². The van der Waals surface area contributed by atoms with Crippen molar-refractivity contribution in [3.63, 3.8) is 0 Å². The fraction of sp³-hybridized carbons (Fsp3) is 0.409. The number of nitrogens with one attached hydrogen (secondary N) is 1. The largest absolute Gasteiger partial charge is 0.494 e. The minimum atomic E-state index is -0.696. The molecule has 1 spiro atoms. The van der Waals surface area contributed by atoms with Gasteiger partial charge in [0, 0.05) is 56.9 Å². The van der Waals surface area contributed by atoms with Gasteiger partial charge in [0.05, 0.1) is 34.4 Å². The molecular weight excluding hydrogens is 756 g/mol. The number of nitriles is 1. The van der Waals surface area contributed by atoms with Crippen molar-refractivity contribution in [1.29, 1.82) is 5.26 Å². The molecule has 0 saturated carbocycles.